The molecule has 0 radical (unpaired) electrons. The van der Waals surface area contributed by atoms with Crippen molar-refractivity contribution < 1.29 is 19.1 Å². The Morgan fingerprint density at radius 1 is 0.929 bits per heavy atom. The van der Waals surface area contributed by atoms with Gasteiger partial charge in [-0.2, -0.15) is 0 Å². The van der Waals surface area contributed by atoms with Crippen LogP contribution in [0.2, 0.25) is 0 Å². The van der Waals surface area contributed by atoms with Crippen molar-refractivity contribution >= 4 is 29.3 Å². The summed E-state index contributed by atoms with van der Waals surface area (Å²) in [6.45, 7) is 0. The number of rotatable bonds is 3. The molecule has 0 aromatic heterocycles. The van der Waals surface area contributed by atoms with Gasteiger partial charge in [-0.15, -0.1) is 0 Å². The molecule has 2 aromatic carbocycles. The molecule has 4 rings (SSSR count). The van der Waals surface area contributed by atoms with Crippen LogP contribution in [0.1, 0.15) is 25.7 Å². The second-order valence-corrected chi connectivity index (χ2v) is 7.27. The van der Waals surface area contributed by atoms with Gasteiger partial charge in [0.2, 0.25) is 11.8 Å². The number of para-hydroxylation sites is 1. The molecule has 6 heteroatoms. The minimum atomic E-state index is -0.515. The lowest BCUT2D eigenvalue weighted by Gasteiger charge is -2.19. The van der Waals surface area contributed by atoms with Gasteiger partial charge in [0.25, 0.3) is 0 Å². The number of carbonyl (C=O) groups excluding carboxylic acids is 3. The third-order valence-corrected chi connectivity index (χ3v) is 5.56. The number of benzene rings is 2. The first kappa shape index (κ1) is 18.2. The first-order chi connectivity index (χ1) is 13.6. The van der Waals surface area contributed by atoms with E-state index in [2.05, 4.69) is 0 Å². The molecule has 1 aliphatic heterocycles. The van der Waals surface area contributed by atoms with Crippen molar-refractivity contribution in [2.24, 2.45) is 11.8 Å². The van der Waals surface area contributed by atoms with Crippen molar-refractivity contribution in [3.05, 3.63) is 54.6 Å². The summed E-state index contributed by atoms with van der Waals surface area (Å²) in [7, 11) is 1.63. The van der Waals surface area contributed by atoms with Crippen molar-refractivity contribution in [2.75, 3.05) is 16.8 Å². The van der Waals surface area contributed by atoms with Crippen LogP contribution in [0.25, 0.3) is 0 Å². The smallest absolute Gasteiger partial charge is 0.410 e. The molecule has 0 spiro atoms. The van der Waals surface area contributed by atoms with Gasteiger partial charge < -0.3 is 4.74 Å². The molecule has 28 heavy (non-hydrogen) atoms. The number of fused-ring (bicyclic) bond motifs is 1. The van der Waals surface area contributed by atoms with Crippen LogP contribution in [0.15, 0.2) is 54.6 Å². The highest BCUT2D eigenvalue weighted by atomic mass is 16.6. The van der Waals surface area contributed by atoms with Crippen molar-refractivity contribution in [2.45, 2.75) is 25.7 Å². The molecule has 2 aromatic rings. The van der Waals surface area contributed by atoms with E-state index in [1.807, 2.05) is 30.3 Å². The zero-order valence-corrected chi connectivity index (χ0v) is 15.7. The van der Waals surface area contributed by atoms with Crippen molar-refractivity contribution in [1.82, 2.24) is 0 Å². The molecule has 2 atom stereocenters. The molecule has 3 amide bonds. The Kier molecular flexibility index (Phi) is 4.86. The number of ether oxygens (including phenoxy) is 1. The minimum Gasteiger partial charge on any atom is -0.410 e. The fourth-order valence-corrected chi connectivity index (χ4v) is 4.01. The molecular formula is C22H22N2O4. The average molecular weight is 378 g/mol. The van der Waals surface area contributed by atoms with Gasteiger partial charge >= 0.3 is 6.09 Å². The summed E-state index contributed by atoms with van der Waals surface area (Å²) in [5, 5.41) is 0. The van der Waals surface area contributed by atoms with Crippen LogP contribution in [0, 0.1) is 11.8 Å². The zero-order chi connectivity index (χ0) is 19.7. The summed E-state index contributed by atoms with van der Waals surface area (Å²) in [6.07, 6.45) is 3.05. The molecular weight excluding hydrogens is 356 g/mol. The zero-order valence-electron chi connectivity index (χ0n) is 15.7. The number of anilines is 2. The second kappa shape index (κ2) is 7.46. The van der Waals surface area contributed by atoms with Crippen LogP contribution in [-0.2, 0) is 9.59 Å². The fourth-order valence-electron chi connectivity index (χ4n) is 4.01. The first-order valence-electron chi connectivity index (χ1n) is 9.55. The van der Waals surface area contributed by atoms with Crippen molar-refractivity contribution in [3.8, 4) is 5.75 Å². The van der Waals surface area contributed by atoms with E-state index in [9.17, 15) is 14.4 Å². The second-order valence-electron chi connectivity index (χ2n) is 7.27. The maximum atomic E-state index is 12.7. The highest BCUT2D eigenvalue weighted by molar-refractivity contribution is 6.22. The van der Waals surface area contributed by atoms with Gasteiger partial charge in [0.15, 0.2) is 0 Å². The van der Waals surface area contributed by atoms with Gasteiger partial charge in [-0.25, -0.2) is 4.79 Å². The molecule has 2 fully saturated rings. The van der Waals surface area contributed by atoms with E-state index in [0.717, 1.165) is 31.4 Å². The Labute approximate surface area is 163 Å². The van der Waals surface area contributed by atoms with Gasteiger partial charge in [-0.3, -0.25) is 19.4 Å². The van der Waals surface area contributed by atoms with E-state index in [1.54, 1.807) is 31.3 Å². The summed E-state index contributed by atoms with van der Waals surface area (Å²) in [5.74, 6) is -0.226. The van der Waals surface area contributed by atoms with Crippen molar-refractivity contribution in [1.29, 1.82) is 0 Å². The number of hydrogen-bond donors (Lipinski definition) is 0. The number of hydrogen-bond acceptors (Lipinski definition) is 4. The Hall–Kier alpha value is -3.15. The Balaban J connectivity index is 1.46. The van der Waals surface area contributed by atoms with Gasteiger partial charge in [-0.05, 0) is 49.2 Å². The number of carbonyl (C=O) groups is 3. The summed E-state index contributed by atoms with van der Waals surface area (Å²) in [4.78, 5) is 40.4. The maximum absolute atomic E-state index is 12.7. The van der Waals surface area contributed by atoms with E-state index in [-0.39, 0.29) is 23.7 Å². The van der Waals surface area contributed by atoms with Crippen LogP contribution >= 0.6 is 0 Å². The topological polar surface area (TPSA) is 66.9 Å². The molecule has 1 saturated heterocycles. The summed E-state index contributed by atoms with van der Waals surface area (Å²) in [5.41, 5.74) is 1.25. The first-order valence-corrected chi connectivity index (χ1v) is 9.55. The molecule has 1 saturated carbocycles. The lowest BCUT2D eigenvalue weighted by molar-refractivity contribution is -0.122. The van der Waals surface area contributed by atoms with Gasteiger partial charge in [-0.1, -0.05) is 31.0 Å². The van der Waals surface area contributed by atoms with E-state index in [4.69, 9.17) is 4.74 Å². The molecule has 0 N–H and O–H groups in total. The van der Waals surface area contributed by atoms with E-state index in [0.29, 0.717) is 11.4 Å². The standard InChI is InChI=1S/C22H22N2O4/c1-23(15-7-3-2-4-8-15)22(27)28-17-13-11-16(12-14-17)24-20(25)18-9-5-6-10-19(18)21(24)26/h2-4,7-8,11-14,18-19H,5-6,9-10H2,1H3/t18-,19+. The van der Waals surface area contributed by atoms with Crippen LogP contribution in [-0.4, -0.2) is 25.0 Å². The highest BCUT2D eigenvalue weighted by Gasteiger charge is 2.48. The quantitative estimate of drug-likeness (QED) is 0.757. The summed E-state index contributed by atoms with van der Waals surface area (Å²) < 4.78 is 5.40. The Morgan fingerprint density at radius 2 is 1.50 bits per heavy atom. The van der Waals surface area contributed by atoms with E-state index in [1.165, 1.54) is 9.80 Å². The summed E-state index contributed by atoms with van der Waals surface area (Å²) >= 11 is 0. The normalized spacial score (nSPS) is 21.4. The van der Waals surface area contributed by atoms with E-state index < -0.39 is 6.09 Å². The third-order valence-electron chi connectivity index (χ3n) is 5.56. The predicted octanol–water partition coefficient (Wildman–Crippen LogP) is 4.00. The van der Waals surface area contributed by atoms with Gasteiger partial charge in [0.05, 0.1) is 17.5 Å². The molecule has 144 valence electrons. The molecule has 6 nitrogen and oxygen atoms in total. The number of imide groups is 1. The monoisotopic (exact) mass is 378 g/mol. The third kappa shape index (κ3) is 3.26. The van der Waals surface area contributed by atoms with Crippen LogP contribution < -0.4 is 14.5 Å². The van der Waals surface area contributed by atoms with E-state index >= 15 is 0 Å². The van der Waals surface area contributed by atoms with Gasteiger partial charge in [0.1, 0.15) is 5.75 Å². The predicted molar refractivity (Wildman–Crippen MR) is 105 cm³/mol. The number of amides is 3. The van der Waals surface area contributed by atoms with Gasteiger partial charge in [0, 0.05) is 12.7 Å². The minimum absolute atomic E-state index is 0.108. The van der Waals surface area contributed by atoms with Crippen LogP contribution in [0.4, 0.5) is 16.2 Å². The largest absolute Gasteiger partial charge is 0.419 e. The molecule has 0 bridgehead atoms. The Bertz CT molecular complexity index is 871. The lowest BCUT2D eigenvalue weighted by atomic mass is 9.81. The SMILES string of the molecule is CN(C(=O)Oc1ccc(N2C(=O)[C@H]3CCCC[C@H]3C2=O)cc1)c1ccccc1. The maximum Gasteiger partial charge on any atom is 0.419 e. The van der Waals surface area contributed by atoms with Crippen LogP contribution in [0.5, 0.6) is 5.75 Å². The molecule has 0 unspecified atom stereocenters. The molecule has 1 aliphatic carbocycles. The molecule has 2 aliphatic rings. The highest BCUT2D eigenvalue weighted by Crippen LogP contribution is 2.40. The average Bonchev–Trinajstić information content (AvgIpc) is 2.99. The Morgan fingerprint density at radius 3 is 2.07 bits per heavy atom. The fraction of sp³-hybridized carbons (Fsp3) is 0.318. The number of nitrogens with zero attached hydrogens (tertiary/aromatic N) is 2. The summed E-state index contributed by atoms with van der Waals surface area (Å²) in [6, 6.07) is 15.7. The lowest BCUT2D eigenvalue weighted by Crippen LogP contribution is -2.31. The van der Waals surface area contributed by atoms with Crippen molar-refractivity contribution in [3.63, 3.8) is 0 Å². The van der Waals surface area contributed by atoms with Crippen LogP contribution in [0.3, 0.4) is 0 Å². The molecule has 1 heterocycles.